The summed E-state index contributed by atoms with van der Waals surface area (Å²) in [6.07, 6.45) is -3.90. The van der Waals surface area contributed by atoms with Gasteiger partial charge in [0.05, 0.1) is 13.2 Å². The summed E-state index contributed by atoms with van der Waals surface area (Å²) in [6, 6.07) is 3.51. The summed E-state index contributed by atoms with van der Waals surface area (Å²) < 4.78 is 59.8. The Morgan fingerprint density at radius 1 is 1.25 bits per heavy atom. The number of hydrogen-bond acceptors (Lipinski definition) is 4. The molecule has 0 aliphatic carbocycles. The highest BCUT2D eigenvalue weighted by Gasteiger charge is 2.40. The van der Waals surface area contributed by atoms with Gasteiger partial charge in [0.25, 0.3) is 5.91 Å². The van der Waals surface area contributed by atoms with Crippen LogP contribution in [0.3, 0.4) is 0 Å². The lowest BCUT2D eigenvalue weighted by Gasteiger charge is -2.16. The van der Waals surface area contributed by atoms with E-state index in [1.165, 1.54) is 6.07 Å². The zero-order valence-corrected chi connectivity index (χ0v) is 12.5. The number of ether oxygens (including phenoxy) is 2. The molecule has 1 amide bonds. The number of carboxylic acid groups (broad SMARTS) is 1. The Bertz CT molecular complexity index is 595. The fourth-order valence-corrected chi connectivity index (χ4v) is 1.55. The Morgan fingerprint density at radius 3 is 2.46 bits per heavy atom. The Morgan fingerprint density at radius 2 is 1.92 bits per heavy atom. The minimum absolute atomic E-state index is 0.0204. The Hall–Kier alpha value is -2.52. The van der Waals surface area contributed by atoms with E-state index in [9.17, 15) is 27.2 Å². The number of carbonyl (C=O) groups is 2. The molecule has 0 heterocycles. The number of carboxylic acids is 1. The monoisotopic (exact) mass is 353 g/mol. The second-order valence-corrected chi connectivity index (χ2v) is 4.52. The van der Waals surface area contributed by atoms with E-state index in [1.54, 1.807) is 12.2 Å². The molecule has 1 aromatic rings. The molecule has 0 aromatic heterocycles. The molecule has 134 valence electrons. The minimum Gasteiger partial charge on any atom is -0.490 e. The first kappa shape index (κ1) is 19.5. The Balaban J connectivity index is 2.86. The van der Waals surface area contributed by atoms with Gasteiger partial charge in [-0.2, -0.15) is 8.78 Å². The standard InChI is InChI=1S/C14H15F4NO5/c1-2-23-10-5-8(3-4-9(10)24-6-11(20)21)12(22)19-7-14(17,18)13(15)16/h3-5,13H,2,6-7H2,1H3,(H,19,22)(H,20,21). The predicted octanol–water partition coefficient (Wildman–Crippen LogP) is 2.18. The van der Waals surface area contributed by atoms with E-state index in [-0.39, 0.29) is 23.7 Å². The highest BCUT2D eigenvalue weighted by atomic mass is 19.3. The maximum absolute atomic E-state index is 12.8. The molecule has 0 unspecified atom stereocenters. The van der Waals surface area contributed by atoms with Gasteiger partial charge in [-0.25, -0.2) is 13.6 Å². The fourth-order valence-electron chi connectivity index (χ4n) is 1.55. The van der Waals surface area contributed by atoms with E-state index in [1.807, 2.05) is 0 Å². The molecule has 6 nitrogen and oxygen atoms in total. The highest BCUT2D eigenvalue weighted by molar-refractivity contribution is 5.94. The van der Waals surface area contributed by atoms with Crippen LogP contribution in [0.25, 0.3) is 0 Å². The van der Waals surface area contributed by atoms with Gasteiger partial charge in [-0.15, -0.1) is 0 Å². The molecule has 0 bridgehead atoms. The van der Waals surface area contributed by atoms with Crippen LogP contribution in [0.1, 0.15) is 17.3 Å². The lowest BCUT2D eigenvalue weighted by molar-refractivity contribution is -0.139. The van der Waals surface area contributed by atoms with Gasteiger partial charge < -0.3 is 19.9 Å². The topological polar surface area (TPSA) is 84.9 Å². The van der Waals surface area contributed by atoms with Gasteiger partial charge >= 0.3 is 18.3 Å². The van der Waals surface area contributed by atoms with Crippen LogP contribution >= 0.6 is 0 Å². The quantitative estimate of drug-likeness (QED) is 0.665. The van der Waals surface area contributed by atoms with Gasteiger partial charge in [0.2, 0.25) is 0 Å². The number of benzene rings is 1. The molecule has 24 heavy (non-hydrogen) atoms. The number of nitrogens with one attached hydrogen (secondary N) is 1. The van der Waals surface area contributed by atoms with Crippen molar-refractivity contribution in [2.45, 2.75) is 19.3 Å². The fraction of sp³-hybridized carbons (Fsp3) is 0.429. The maximum atomic E-state index is 12.8. The number of alkyl halides is 4. The van der Waals surface area contributed by atoms with Gasteiger partial charge in [-0.05, 0) is 25.1 Å². The van der Waals surface area contributed by atoms with Crippen molar-refractivity contribution in [1.29, 1.82) is 0 Å². The van der Waals surface area contributed by atoms with Crippen LogP contribution in [0.15, 0.2) is 18.2 Å². The summed E-state index contributed by atoms with van der Waals surface area (Å²) >= 11 is 0. The summed E-state index contributed by atoms with van der Waals surface area (Å²) in [5, 5.41) is 10.3. The van der Waals surface area contributed by atoms with E-state index >= 15 is 0 Å². The molecule has 1 aromatic carbocycles. The number of hydrogen-bond donors (Lipinski definition) is 2. The SMILES string of the molecule is CCOc1cc(C(=O)NCC(F)(F)C(F)F)ccc1OCC(=O)O. The molecule has 0 saturated heterocycles. The van der Waals surface area contributed by atoms with Crippen molar-refractivity contribution in [2.24, 2.45) is 0 Å². The van der Waals surface area contributed by atoms with Gasteiger partial charge in [0, 0.05) is 5.56 Å². The van der Waals surface area contributed by atoms with E-state index in [0.29, 0.717) is 0 Å². The normalized spacial score (nSPS) is 11.2. The first-order valence-corrected chi connectivity index (χ1v) is 6.73. The summed E-state index contributed by atoms with van der Waals surface area (Å²) in [4.78, 5) is 22.3. The lowest BCUT2D eigenvalue weighted by atomic mass is 10.2. The van der Waals surface area contributed by atoms with Crippen molar-refractivity contribution in [1.82, 2.24) is 5.32 Å². The molecule has 1 rings (SSSR count). The molecular formula is C14H15F4NO5. The molecular weight excluding hydrogens is 338 g/mol. The Labute approximate surface area is 134 Å². The van der Waals surface area contributed by atoms with Gasteiger partial charge in [0.1, 0.15) is 0 Å². The minimum atomic E-state index is -4.34. The van der Waals surface area contributed by atoms with E-state index in [2.05, 4.69) is 0 Å². The average molecular weight is 353 g/mol. The van der Waals surface area contributed by atoms with Crippen molar-refractivity contribution < 1.29 is 41.7 Å². The van der Waals surface area contributed by atoms with Gasteiger partial charge in [-0.1, -0.05) is 0 Å². The van der Waals surface area contributed by atoms with Crippen molar-refractivity contribution in [3.05, 3.63) is 23.8 Å². The number of carbonyl (C=O) groups excluding carboxylic acids is 1. The molecule has 0 fully saturated rings. The summed E-state index contributed by atoms with van der Waals surface area (Å²) in [5.74, 6) is -6.53. The van der Waals surface area contributed by atoms with E-state index in [4.69, 9.17) is 14.6 Å². The summed E-state index contributed by atoms with van der Waals surface area (Å²) in [6.45, 7) is -0.383. The number of halogens is 4. The zero-order valence-electron chi connectivity index (χ0n) is 12.5. The molecule has 0 atom stereocenters. The third kappa shape index (κ3) is 5.60. The Kier molecular flexibility index (Phi) is 6.81. The summed E-state index contributed by atoms with van der Waals surface area (Å²) in [5.41, 5.74) is -0.133. The van der Waals surface area contributed by atoms with Crippen molar-refractivity contribution in [3.8, 4) is 11.5 Å². The maximum Gasteiger partial charge on any atom is 0.341 e. The third-order valence-corrected chi connectivity index (χ3v) is 2.66. The second-order valence-electron chi connectivity index (χ2n) is 4.52. The number of aliphatic carboxylic acids is 1. The number of amides is 1. The molecule has 10 heteroatoms. The predicted molar refractivity (Wildman–Crippen MR) is 74.0 cm³/mol. The third-order valence-electron chi connectivity index (χ3n) is 2.66. The number of rotatable bonds is 9. The first-order valence-electron chi connectivity index (χ1n) is 6.73. The molecule has 2 N–H and O–H groups in total. The van der Waals surface area contributed by atoms with E-state index < -0.39 is 37.4 Å². The largest absolute Gasteiger partial charge is 0.490 e. The van der Waals surface area contributed by atoms with Crippen LogP contribution in [-0.2, 0) is 4.79 Å². The lowest BCUT2D eigenvalue weighted by Crippen LogP contribution is -2.41. The van der Waals surface area contributed by atoms with Gasteiger partial charge in [-0.3, -0.25) is 4.79 Å². The van der Waals surface area contributed by atoms with Crippen molar-refractivity contribution in [2.75, 3.05) is 19.8 Å². The highest BCUT2D eigenvalue weighted by Crippen LogP contribution is 2.29. The molecule has 0 radical (unpaired) electrons. The van der Waals surface area contributed by atoms with Crippen LogP contribution < -0.4 is 14.8 Å². The van der Waals surface area contributed by atoms with Crippen molar-refractivity contribution >= 4 is 11.9 Å². The van der Waals surface area contributed by atoms with Crippen LogP contribution in [0.2, 0.25) is 0 Å². The first-order chi connectivity index (χ1) is 11.2. The smallest absolute Gasteiger partial charge is 0.341 e. The van der Waals surface area contributed by atoms with Crippen LogP contribution in [0, 0.1) is 0 Å². The molecule has 0 aliphatic rings. The van der Waals surface area contributed by atoms with Crippen LogP contribution in [0.5, 0.6) is 11.5 Å². The van der Waals surface area contributed by atoms with Gasteiger partial charge in [0.15, 0.2) is 18.1 Å². The second kappa shape index (κ2) is 8.37. The molecule has 0 spiro atoms. The van der Waals surface area contributed by atoms with Crippen LogP contribution in [-0.4, -0.2) is 49.1 Å². The zero-order chi connectivity index (χ0) is 18.3. The molecule has 0 aliphatic heterocycles. The summed E-state index contributed by atoms with van der Waals surface area (Å²) in [7, 11) is 0. The molecule has 0 saturated carbocycles. The van der Waals surface area contributed by atoms with Crippen molar-refractivity contribution in [3.63, 3.8) is 0 Å². The average Bonchev–Trinajstić information content (AvgIpc) is 2.51. The van der Waals surface area contributed by atoms with Crippen LogP contribution in [0.4, 0.5) is 17.6 Å². The van der Waals surface area contributed by atoms with E-state index in [0.717, 1.165) is 12.1 Å².